The van der Waals surface area contributed by atoms with E-state index in [2.05, 4.69) is 26.2 Å². The van der Waals surface area contributed by atoms with Crippen LogP contribution < -0.4 is 5.32 Å². The lowest BCUT2D eigenvalue weighted by Gasteiger charge is -2.16. The van der Waals surface area contributed by atoms with Gasteiger partial charge in [-0.3, -0.25) is 0 Å². The molecule has 1 aromatic heterocycles. The molecule has 2 aromatic rings. The molecule has 0 bridgehead atoms. The van der Waals surface area contributed by atoms with Crippen molar-refractivity contribution in [3.8, 4) is 0 Å². The number of methoxy groups -OCH3 is 1. The zero-order valence-electron chi connectivity index (χ0n) is 11.0. The van der Waals surface area contributed by atoms with Gasteiger partial charge in [-0.1, -0.05) is 28.1 Å². The van der Waals surface area contributed by atoms with Crippen LogP contribution in [0, 0.1) is 0 Å². The van der Waals surface area contributed by atoms with E-state index in [1.54, 1.807) is 13.3 Å². The number of carboxylic acid groups (broad SMARTS) is 1. The Hall–Kier alpha value is -1.66. The van der Waals surface area contributed by atoms with Gasteiger partial charge in [-0.25, -0.2) is 9.78 Å². The molecule has 6 heteroatoms. The standard InChI is InChI=1S/C14H15BrN2O3/c1-20-8-6-12(14(18)19)17-13-10-3-2-4-11(15)9(10)5-7-16-13/h2-5,7,12H,6,8H2,1H3,(H,16,17)(H,18,19). The Morgan fingerprint density at radius 1 is 1.45 bits per heavy atom. The summed E-state index contributed by atoms with van der Waals surface area (Å²) in [6.45, 7) is 0.373. The third-order valence-electron chi connectivity index (χ3n) is 2.97. The summed E-state index contributed by atoms with van der Waals surface area (Å²) in [5, 5.41) is 14.1. The van der Waals surface area contributed by atoms with Crippen molar-refractivity contribution in [2.24, 2.45) is 0 Å². The molecule has 2 N–H and O–H groups in total. The quantitative estimate of drug-likeness (QED) is 0.847. The predicted octanol–water partition coefficient (Wildman–Crippen LogP) is 2.90. The van der Waals surface area contributed by atoms with E-state index in [4.69, 9.17) is 4.74 Å². The molecule has 20 heavy (non-hydrogen) atoms. The third-order valence-corrected chi connectivity index (χ3v) is 3.66. The summed E-state index contributed by atoms with van der Waals surface area (Å²) < 4.78 is 5.88. The molecular formula is C14H15BrN2O3. The number of fused-ring (bicyclic) bond motifs is 1. The van der Waals surface area contributed by atoms with E-state index in [0.29, 0.717) is 18.8 Å². The van der Waals surface area contributed by atoms with E-state index >= 15 is 0 Å². The van der Waals surface area contributed by atoms with Gasteiger partial charge in [-0.15, -0.1) is 0 Å². The number of ether oxygens (including phenoxy) is 1. The molecule has 0 amide bonds. The van der Waals surface area contributed by atoms with E-state index in [1.807, 2.05) is 24.3 Å². The van der Waals surface area contributed by atoms with Crippen LogP contribution in [0.1, 0.15) is 6.42 Å². The Morgan fingerprint density at radius 3 is 2.95 bits per heavy atom. The van der Waals surface area contributed by atoms with E-state index in [0.717, 1.165) is 15.2 Å². The number of aliphatic carboxylic acids is 1. The molecule has 0 saturated heterocycles. The second kappa shape index (κ2) is 6.67. The number of hydrogen-bond donors (Lipinski definition) is 2. The number of anilines is 1. The highest BCUT2D eigenvalue weighted by atomic mass is 79.9. The molecular weight excluding hydrogens is 324 g/mol. The fourth-order valence-corrected chi connectivity index (χ4v) is 2.44. The molecule has 2 rings (SSSR count). The highest BCUT2D eigenvalue weighted by molar-refractivity contribution is 9.10. The number of carbonyl (C=O) groups is 1. The Bertz CT molecular complexity index is 618. The largest absolute Gasteiger partial charge is 0.480 e. The molecule has 0 fully saturated rings. The molecule has 0 aliphatic heterocycles. The molecule has 106 valence electrons. The lowest BCUT2D eigenvalue weighted by molar-refractivity contribution is -0.138. The van der Waals surface area contributed by atoms with E-state index in [9.17, 15) is 9.90 Å². The molecule has 1 atom stereocenters. The highest BCUT2D eigenvalue weighted by Gasteiger charge is 2.18. The first-order chi connectivity index (χ1) is 9.63. The van der Waals surface area contributed by atoms with Crippen LogP contribution in [0.5, 0.6) is 0 Å². The van der Waals surface area contributed by atoms with Gasteiger partial charge in [-0.05, 0) is 12.1 Å². The third kappa shape index (κ3) is 3.26. The topological polar surface area (TPSA) is 71.5 Å². The average molecular weight is 339 g/mol. The summed E-state index contributed by atoms with van der Waals surface area (Å²) in [5.41, 5.74) is 0. The van der Waals surface area contributed by atoms with E-state index < -0.39 is 12.0 Å². The Balaban J connectivity index is 2.32. The van der Waals surface area contributed by atoms with Crippen LogP contribution in [0.25, 0.3) is 10.8 Å². The fourth-order valence-electron chi connectivity index (χ4n) is 1.94. The number of nitrogens with one attached hydrogen (secondary N) is 1. The molecule has 0 aliphatic rings. The van der Waals surface area contributed by atoms with Gasteiger partial charge in [0.1, 0.15) is 11.9 Å². The van der Waals surface area contributed by atoms with Gasteiger partial charge in [-0.2, -0.15) is 0 Å². The summed E-state index contributed by atoms with van der Waals surface area (Å²) in [4.78, 5) is 15.5. The number of pyridine rings is 1. The zero-order valence-corrected chi connectivity index (χ0v) is 12.6. The van der Waals surface area contributed by atoms with Crippen molar-refractivity contribution in [3.05, 3.63) is 34.9 Å². The second-order valence-electron chi connectivity index (χ2n) is 4.31. The molecule has 0 spiro atoms. The van der Waals surface area contributed by atoms with Crippen LogP contribution in [-0.4, -0.2) is 35.8 Å². The number of carboxylic acids is 1. The first-order valence-corrected chi connectivity index (χ1v) is 6.94. The molecule has 0 radical (unpaired) electrons. The van der Waals surface area contributed by atoms with Crippen LogP contribution in [0.4, 0.5) is 5.82 Å². The summed E-state index contributed by atoms with van der Waals surface area (Å²) >= 11 is 3.48. The number of benzene rings is 1. The maximum atomic E-state index is 11.3. The fraction of sp³-hybridized carbons (Fsp3) is 0.286. The minimum absolute atomic E-state index is 0.373. The normalized spacial score (nSPS) is 12.3. The average Bonchev–Trinajstić information content (AvgIpc) is 2.44. The van der Waals surface area contributed by atoms with Crippen LogP contribution in [0.2, 0.25) is 0 Å². The van der Waals surface area contributed by atoms with Gasteiger partial charge >= 0.3 is 5.97 Å². The van der Waals surface area contributed by atoms with Crippen molar-refractivity contribution < 1.29 is 14.6 Å². The minimum Gasteiger partial charge on any atom is -0.480 e. The van der Waals surface area contributed by atoms with Gasteiger partial charge in [0.05, 0.1) is 0 Å². The van der Waals surface area contributed by atoms with Crippen molar-refractivity contribution in [2.45, 2.75) is 12.5 Å². The molecule has 1 heterocycles. The van der Waals surface area contributed by atoms with Crippen LogP contribution in [0.15, 0.2) is 34.9 Å². The van der Waals surface area contributed by atoms with Crippen molar-refractivity contribution >= 4 is 38.5 Å². The number of rotatable bonds is 6. The Morgan fingerprint density at radius 2 is 2.25 bits per heavy atom. The molecule has 1 aromatic carbocycles. The van der Waals surface area contributed by atoms with Crippen molar-refractivity contribution in [3.63, 3.8) is 0 Å². The number of halogens is 1. The first kappa shape index (κ1) is 14.7. The van der Waals surface area contributed by atoms with Gasteiger partial charge < -0.3 is 15.2 Å². The molecule has 0 aliphatic carbocycles. The molecule has 0 saturated carbocycles. The van der Waals surface area contributed by atoms with Crippen LogP contribution >= 0.6 is 15.9 Å². The maximum absolute atomic E-state index is 11.3. The van der Waals surface area contributed by atoms with Gasteiger partial charge in [0.15, 0.2) is 0 Å². The summed E-state index contributed by atoms with van der Waals surface area (Å²) in [6, 6.07) is 6.89. The summed E-state index contributed by atoms with van der Waals surface area (Å²) in [7, 11) is 1.55. The number of hydrogen-bond acceptors (Lipinski definition) is 4. The predicted molar refractivity (Wildman–Crippen MR) is 81.0 cm³/mol. The molecule has 5 nitrogen and oxygen atoms in total. The van der Waals surface area contributed by atoms with Crippen LogP contribution in [0.3, 0.4) is 0 Å². The SMILES string of the molecule is COCCC(Nc1nccc2c(Br)cccc12)C(=O)O. The van der Waals surface area contributed by atoms with Crippen LogP contribution in [-0.2, 0) is 9.53 Å². The first-order valence-electron chi connectivity index (χ1n) is 6.15. The number of nitrogens with zero attached hydrogens (tertiary/aromatic N) is 1. The highest BCUT2D eigenvalue weighted by Crippen LogP contribution is 2.28. The lowest BCUT2D eigenvalue weighted by atomic mass is 10.1. The monoisotopic (exact) mass is 338 g/mol. The zero-order chi connectivity index (χ0) is 14.5. The van der Waals surface area contributed by atoms with Gasteiger partial charge in [0, 0.05) is 41.6 Å². The van der Waals surface area contributed by atoms with Gasteiger partial charge in [0.2, 0.25) is 0 Å². The number of aromatic nitrogens is 1. The van der Waals surface area contributed by atoms with Crippen molar-refractivity contribution in [1.29, 1.82) is 0 Å². The lowest BCUT2D eigenvalue weighted by Crippen LogP contribution is -2.30. The van der Waals surface area contributed by atoms with Crippen molar-refractivity contribution in [2.75, 3.05) is 19.0 Å². The Labute approximate surface area is 125 Å². The van der Waals surface area contributed by atoms with E-state index in [1.165, 1.54) is 0 Å². The minimum atomic E-state index is -0.921. The van der Waals surface area contributed by atoms with Gasteiger partial charge in [0.25, 0.3) is 0 Å². The summed E-state index contributed by atoms with van der Waals surface area (Å²) in [5.74, 6) is -0.358. The molecule has 1 unspecified atom stereocenters. The van der Waals surface area contributed by atoms with Crippen molar-refractivity contribution in [1.82, 2.24) is 4.98 Å². The summed E-state index contributed by atoms with van der Waals surface area (Å²) in [6.07, 6.45) is 2.03. The van der Waals surface area contributed by atoms with E-state index in [-0.39, 0.29) is 0 Å². The Kier molecular flexibility index (Phi) is 4.92. The maximum Gasteiger partial charge on any atom is 0.326 e. The second-order valence-corrected chi connectivity index (χ2v) is 5.17. The smallest absolute Gasteiger partial charge is 0.326 e.